The molecule has 4 heteroatoms. The fraction of sp³-hybridized carbons (Fsp3) is 0.909. The van der Waals surface area contributed by atoms with Gasteiger partial charge in [-0.25, -0.2) is 4.79 Å². The van der Waals surface area contributed by atoms with Gasteiger partial charge in [-0.05, 0) is 18.8 Å². The summed E-state index contributed by atoms with van der Waals surface area (Å²) >= 11 is 0. The second kappa shape index (κ2) is 4.84. The molecule has 2 aliphatic rings. The summed E-state index contributed by atoms with van der Waals surface area (Å²) in [5.41, 5.74) is 0. The molecule has 2 heterocycles. The van der Waals surface area contributed by atoms with Gasteiger partial charge in [-0.15, -0.1) is 0 Å². The molecular formula is C11H19NO3. The maximum absolute atomic E-state index is 11.7. The van der Waals surface area contributed by atoms with Gasteiger partial charge in [-0.2, -0.15) is 0 Å². The summed E-state index contributed by atoms with van der Waals surface area (Å²) in [5.74, 6) is 0.740. The second-order valence-corrected chi connectivity index (χ2v) is 4.54. The molecule has 86 valence electrons. The topological polar surface area (TPSA) is 38.8 Å². The summed E-state index contributed by atoms with van der Waals surface area (Å²) in [4.78, 5) is 13.5. The number of hydrogen-bond donors (Lipinski definition) is 0. The normalized spacial score (nSPS) is 28.1. The number of likely N-dealkylation sites (tertiary alicyclic amines) is 1. The van der Waals surface area contributed by atoms with Crippen molar-refractivity contribution in [3.8, 4) is 0 Å². The van der Waals surface area contributed by atoms with Crippen molar-refractivity contribution in [1.82, 2.24) is 4.90 Å². The van der Waals surface area contributed by atoms with Crippen LogP contribution in [0.5, 0.6) is 0 Å². The van der Waals surface area contributed by atoms with Crippen LogP contribution in [-0.2, 0) is 9.47 Å². The van der Waals surface area contributed by atoms with Gasteiger partial charge in [0.1, 0.15) is 6.10 Å². The second-order valence-electron chi connectivity index (χ2n) is 4.54. The monoisotopic (exact) mass is 213 g/mol. The average molecular weight is 213 g/mol. The Morgan fingerprint density at radius 3 is 2.67 bits per heavy atom. The first kappa shape index (κ1) is 10.7. The lowest BCUT2D eigenvalue weighted by atomic mass is 10.00. The Morgan fingerprint density at radius 1 is 1.33 bits per heavy atom. The van der Waals surface area contributed by atoms with E-state index in [0.717, 1.165) is 44.9 Å². The number of ether oxygens (including phenoxy) is 2. The lowest BCUT2D eigenvalue weighted by molar-refractivity contribution is 0.0471. The van der Waals surface area contributed by atoms with Crippen LogP contribution in [0.1, 0.15) is 26.2 Å². The SMILES string of the molecule is CC1CCN(C(=O)OC2CCOC2)CC1. The first-order chi connectivity index (χ1) is 7.25. The zero-order valence-corrected chi connectivity index (χ0v) is 9.28. The van der Waals surface area contributed by atoms with Gasteiger partial charge in [0.15, 0.2) is 0 Å². The number of nitrogens with zero attached hydrogens (tertiary/aromatic N) is 1. The Morgan fingerprint density at radius 2 is 2.07 bits per heavy atom. The zero-order chi connectivity index (χ0) is 10.7. The third-order valence-corrected chi connectivity index (χ3v) is 3.20. The molecule has 0 bridgehead atoms. The van der Waals surface area contributed by atoms with Gasteiger partial charge in [0.25, 0.3) is 0 Å². The van der Waals surface area contributed by atoms with E-state index in [0.29, 0.717) is 6.61 Å². The molecule has 0 N–H and O–H groups in total. The summed E-state index contributed by atoms with van der Waals surface area (Å²) in [5, 5.41) is 0. The Bertz CT molecular complexity index is 218. The third kappa shape index (κ3) is 2.84. The highest BCUT2D eigenvalue weighted by atomic mass is 16.6. The highest BCUT2D eigenvalue weighted by Crippen LogP contribution is 2.18. The average Bonchev–Trinajstić information content (AvgIpc) is 2.71. The Labute approximate surface area is 90.5 Å². The van der Waals surface area contributed by atoms with Crippen LogP contribution in [-0.4, -0.2) is 43.4 Å². The fourth-order valence-electron chi connectivity index (χ4n) is 2.01. The van der Waals surface area contributed by atoms with Crippen LogP contribution in [0.25, 0.3) is 0 Å². The number of carbonyl (C=O) groups is 1. The van der Waals surface area contributed by atoms with E-state index in [2.05, 4.69) is 6.92 Å². The molecular weight excluding hydrogens is 194 g/mol. The number of amides is 1. The lowest BCUT2D eigenvalue weighted by Gasteiger charge is -2.30. The highest BCUT2D eigenvalue weighted by Gasteiger charge is 2.25. The molecule has 1 atom stereocenters. The Kier molecular flexibility index (Phi) is 3.46. The molecule has 2 aliphatic heterocycles. The molecule has 0 aromatic carbocycles. The van der Waals surface area contributed by atoms with Crippen molar-refractivity contribution < 1.29 is 14.3 Å². The summed E-state index contributed by atoms with van der Waals surface area (Å²) in [7, 11) is 0. The first-order valence-corrected chi connectivity index (χ1v) is 5.79. The van der Waals surface area contributed by atoms with Crippen molar-refractivity contribution in [2.24, 2.45) is 5.92 Å². The third-order valence-electron chi connectivity index (χ3n) is 3.20. The van der Waals surface area contributed by atoms with Crippen molar-refractivity contribution in [2.75, 3.05) is 26.3 Å². The van der Waals surface area contributed by atoms with Crippen LogP contribution in [0.15, 0.2) is 0 Å². The fourth-order valence-corrected chi connectivity index (χ4v) is 2.01. The summed E-state index contributed by atoms with van der Waals surface area (Å²) in [6.07, 6.45) is 2.86. The maximum Gasteiger partial charge on any atom is 0.410 e. The van der Waals surface area contributed by atoms with Crippen molar-refractivity contribution in [1.29, 1.82) is 0 Å². The van der Waals surface area contributed by atoms with Gasteiger partial charge in [-0.3, -0.25) is 0 Å². The van der Waals surface area contributed by atoms with Gasteiger partial charge in [0, 0.05) is 19.5 Å². The van der Waals surface area contributed by atoms with Crippen molar-refractivity contribution in [3.63, 3.8) is 0 Å². The van der Waals surface area contributed by atoms with E-state index >= 15 is 0 Å². The Hall–Kier alpha value is -0.770. The molecule has 15 heavy (non-hydrogen) atoms. The van der Waals surface area contributed by atoms with Gasteiger partial charge in [0.05, 0.1) is 13.2 Å². The van der Waals surface area contributed by atoms with Gasteiger partial charge >= 0.3 is 6.09 Å². The van der Waals surface area contributed by atoms with E-state index < -0.39 is 0 Å². The molecule has 1 amide bonds. The summed E-state index contributed by atoms with van der Waals surface area (Å²) in [6.45, 7) is 5.19. The molecule has 4 nitrogen and oxygen atoms in total. The van der Waals surface area contributed by atoms with E-state index in [9.17, 15) is 4.79 Å². The first-order valence-electron chi connectivity index (χ1n) is 5.79. The number of rotatable bonds is 1. The number of carbonyl (C=O) groups excluding carboxylic acids is 1. The molecule has 2 saturated heterocycles. The summed E-state index contributed by atoms with van der Waals surface area (Å²) in [6, 6.07) is 0. The van der Waals surface area contributed by atoms with Crippen LogP contribution in [0.2, 0.25) is 0 Å². The molecule has 0 radical (unpaired) electrons. The highest BCUT2D eigenvalue weighted by molar-refractivity contribution is 5.67. The molecule has 2 fully saturated rings. The maximum atomic E-state index is 11.7. The minimum absolute atomic E-state index is 0.0168. The predicted octanol–water partition coefficient (Wildman–Crippen LogP) is 1.64. The standard InChI is InChI=1S/C11H19NO3/c1-9-2-5-12(6-3-9)11(13)15-10-4-7-14-8-10/h9-10H,2-8H2,1H3. The van der Waals surface area contributed by atoms with E-state index in [4.69, 9.17) is 9.47 Å². The lowest BCUT2D eigenvalue weighted by Crippen LogP contribution is -2.39. The molecule has 0 spiro atoms. The molecule has 1 unspecified atom stereocenters. The van der Waals surface area contributed by atoms with E-state index in [-0.39, 0.29) is 12.2 Å². The van der Waals surface area contributed by atoms with Gasteiger partial charge < -0.3 is 14.4 Å². The van der Waals surface area contributed by atoms with E-state index in [1.54, 1.807) is 0 Å². The smallest absolute Gasteiger partial charge is 0.410 e. The molecule has 2 rings (SSSR count). The van der Waals surface area contributed by atoms with Crippen molar-refractivity contribution in [2.45, 2.75) is 32.3 Å². The van der Waals surface area contributed by atoms with Gasteiger partial charge in [0.2, 0.25) is 0 Å². The molecule has 0 aromatic rings. The largest absolute Gasteiger partial charge is 0.444 e. The van der Waals surface area contributed by atoms with Crippen LogP contribution in [0, 0.1) is 5.92 Å². The van der Waals surface area contributed by atoms with Crippen LogP contribution in [0.4, 0.5) is 4.79 Å². The molecule has 0 aromatic heterocycles. The van der Waals surface area contributed by atoms with Gasteiger partial charge in [-0.1, -0.05) is 6.92 Å². The van der Waals surface area contributed by atoms with Crippen LogP contribution in [0.3, 0.4) is 0 Å². The number of piperidine rings is 1. The van der Waals surface area contributed by atoms with E-state index in [1.165, 1.54) is 0 Å². The Balaban J connectivity index is 1.75. The quantitative estimate of drug-likeness (QED) is 0.664. The molecule has 0 aliphatic carbocycles. The van der Waals surface area contributed by atoms with Crippen LogP contribution < -0.4 is 0 Å². The molecule has 0 saturated carbocycles. The van der Waals surface area contributed by atoms with Crippen molar-refractivity contribution in [3.05, 3.63) is 0 Å². The minimum Gasteiger partial charge on any atom is -0.444 e. The van der Waals surface area contributed by atoms with Crippen molar-refractivity contribution >= 4 is 6.09 Å². The number of hydrogen-bond acceptors (Lipinski definition) is 3. The van der Waals surface area contributed by atoms with Crippen LogP contribution >= 0.6 is 0 Å². The minimum atomic E-state index is -0.155. The predicted molar refractivity (Wildman–Crippen MR) is 55.7 cm³/mol. The summed E-state index contributed by atoms with van der Waals surface area (Å²) < 4.78 is 10.5. The zero-order valence-electron chi connectivity index (χ0n) is 9.28. The van der Waals surface area contributed by atoms with E-state index in [1.807, 2.05) is 4.90 Å².